The van der Waals surface area contributed by atoms with Gasteiger partial charge in [-0.1, -0.05) is 42.5 Å². The number of carbonyl (C=O) groups is 1. The van der Waals surface area contributed by atoms with Crippen LogP contribution in [0.3, 0.4) is 0 Å². The first kappa shape index (κ1) is 24.9. The molecule has 0 aliphatic heterocycles. The Morgan fingerprint density at radius 1 is 1.11 bits per heavy atom. The number of nitriles is 1. The van der Waals surface area contributed by atoms with Crippen LogP contribution >= 0.6 is 11.8 Å². The van der Waals surface area contributed by atoms with Crippen LogP contribution in [0.2, 0.25) is 0 Å². The van der Waals surface area contributed by atoms with E-state index in [9.17, 15) is 13.6 Å². The number of amides is 1. The summed E-state index contributed by atoms with van der Waals surface area (Å²) in [7, 11) is 0. The van der Waals surface area contributed by atoms with Crippen LogP contribution in [0, 0.1) is 17.2 Å². The molecule has 180 valence electrons. The first-order valence-corrected chi connectivity index (χ1v) is 12.7. The Labute approximate surface area is 208 Å². The van der Waals surface area contributed by atoms with E-state index in [2.05, 4.69) is 22.4 Å². The van der Waals surface area contributed by atoms with Crippen molar-refractivity contribution in [2.75, 3.05) is 12.3 Å². The van der Waals surface area contributed by atoms with E-state index in [4.69, 9.17) is 5.26 Å². The van der Waals surface area contributed by atoms with Gasteiger partial charge < -0.3 is 5.32 Å². The van der Waals surface area contributed by atoms with Gasteiger partial charge in [0, 0.05) is 35.4 Å². The van der Waals surface area contributed by atoms with Crippen molar-refractivity contribution in [2.24, 2.45) is 5.92 Å². The van der Waals surface area contributed by atoms with Crippen LogP contribution in [0.1, 0.15) is 36.4 Å². The summed E-state index contributed by atoms with van der Waals surface area (Å²) < 4.78 is 28.5. The molecule has 0 spiro atoms. The molecule has 3 aromatic rings. The molecule has 1 N–H and O–H groups in total. The molecule has 1 heterocycles. The molecule has 0 saturated heterocycles. The average Bonchev–Trinajstić information content (AvgIpc) is 2.88. The lowest BCUT2D eigenvalue weighted by molar-refractivity contribution is -0.133. The minimum absolute atomic E-state index is 0.186. The second kappa shape index (κ2) is 11.5. The molecule has 1 amide bonds. The molecule has 4 rings (SSSR count). The Kier molecular flexibility index (Phi) is 8.14. The molecule has 1 fully saturated rings. The highest BCUT2D eigenvalue weighted by molar-refractivity contribution is 7.99. The van der Waals surface area contributed by atoms with Gasteiger partial charge in [-0.15, -0.1) is 11.8 Å². The molecule has 7 heteroatoms. The number of thioether (sulfide) groups is 1. The summed E-state index contributed by atoms with van der Waals surface area (Å²) in [6.07, 6.45) is 2.15. The molecule has 0 radical (unpaired) electrons. The maximum atomic E-state index is 14.3. The van der Waals surface area contributed by atoms with Crippen molar-refractivity contribution in [2.45, 2.75) is 42.4 Å². The van der Waals surface area contributed by atoms with Gasteiger partial charge in [0.15, 0.2) is 0 Å². The van der Waals surface area contributed by atoms with E-state index in [1.54, 1.807) is 18.0 Å². The number of aromatic nitrogens is 1. The second-order valence-corrected chi connectivity index (χ2v) is 9.89. The number of alkyl halides is 2. The van der Waals surface area contributed by atoms with Gasteiger partial charge in [-0.3, -0.25) is 9.78 Å². The van der Waals surface area contributed by atoms with Crippen LogP contribution in [-0.4, -0.2) is 29.1 Å². The fourth-order valence-electron chi connectivity index (χ4n) is 4.67. The second-order valence-electron chi connectivity index (χ2n) is 8.72. The van der Waals surface area contributed by atoms with E-state index in [0.29, 0.717) is 0 Å². The van der Waals surface area contributed by atoms with Crippen LogP contribution < -0.4 is 5.32 Å². The maximum Gasteiger partial charge on any atom is 0.249 e. The lowest BCUT2D eigenvalue weighted by atomic mass is 9.72. The third-order valence-electron chi connectivity index (χ3n) is 6.38. The monoisotopic (exact) mass is 491 g/mol. The van der Waals surface area contributed by atoms with Crippen molar-refractivity contribution in [3.05, 3.63) is 84.2 Å². The number of hydrogen-bond donors (Lipinski definition) is 1. The zero-order valence-corrected chi connectivity index (χ0v) is 20.1. The SMILES string of the molecule is N#CCNC(=O)C1CC(F)(F)CCC1c1ccccc1-c1ccc(SCCc2ccccn2)cc1. The normalized spacial score (nSPS) is 19.0. The van der Waals surface area contributed by atoms with Gasteiger partial charge in [0.25, 0.3) is 0 Å². The van der Waals surface area contributed by atoms with E-state index in [-0.39, 0.29) is 25.3 Å². The summed E-state index contributed by atoms with van der Waals surface area (Å²) in [5, 5.41) is 11.3. The molecule has 1 aromatic heterocycles. The molecular weight excluding hydrogens is 464 g/mol. The average molecular weight is 492 g/mol. The van der Waals surface area contributed by atoms with E-state index < -0.39 is 24.2 Å². The third-order valence-corrected chi connectivity index (χ3v) is 7.40. The molecule has 35 heavy (non-hydrogen) atoms. The van der Waals surface area contributed by atoms with Crippen molar-refractivity contribution in [3.8, 4) is 17.2 Å². The standard InChI is InChI=1S/C28H27F2N3OS/c29-28(30)14-12-25(26(19-28)27(34)33-17-15-31)24-7-2-1-6-23(24)20-8-10-22(11-9-20)35-18-13-21-5-3-4-16-32-21/h1-11,16,25-26H,12-14,17-19H2,(H,33,34). The van der Waals surface area contributed by atoms with E-state index in [1.807, 2.05) is 60.7 Å². The Hall–Kier alpha value is -3.24. The molecule has 1 saturated carbocycles. The minimum atomic E-state index is -2.88. The number of hydrogen-bond acceptors (Lipinski definition) is 4. The number of nitrogens with zero attached hydrogens (tertiary/aromatic N) is 2. The van der Waals surface area contributed by atoms with Crippen LogP contribution in [-0.2, 0) is 11.2 Å². The van der Waals surface area contributed by atoms with Crippen LogP contribution in [0.25, 0.3) is 11.1 Å². The van der Waals surface area contributed by atoms with Gasteiger partial charge in [0.05, 0.1) is 12.0 Å². The van der Waals surface area contributed by atoms with E-state index in [0.717, 1.165) is 39.5 Å². The number of aryl methyl sites for hydroxylation is 1. The molecule has 4 nitrogen and oxygen atoms in total. The highest BCUT2D eigenvalue weighted by atomic mass is 32.2. The maximum absolute atomic E-state index is 14.3. The minimum Gasteiger partial charge on any atom is -0.343 e. The number of halogens is 2. The van der Waals surface area contributed by atoms with Gasteiger partial charge in [-0.05, 0) is 59.7 Å². The molecule has 2 aromatic carbocycles. The molecule has 2 atom stereocenters. The summed E-state index contributed by atoms with van der Waals surface area (Å²) >= 11 is 1.76. The van der Waals surface area contributed by atoms with Crippen LogP contribution in [0.4, 0.5) is 8.78 Å². The number of pyridine rings is 1. The largest absolute Gasteiger partial charge is 0.343 e. The van der Waals surface area contributed by atoms with Crippen molar-refractivity contribution in [1.29, 1.82) is 5.26 Å². The summed E-state index contributed by atoms with van der Waals surface area (Å²) in [5.74, 6) is -3.66. The van der Waals surface area contributed by atoms with Gasteiger partial charge in [-0.25, -0.2) is 8.78 Å². The third kappa shape index (κ3) is 6.46. The van der Waals surface area contributed by atoms with Crippen molar-refractivity contribution in [3.63, 3.8) is 0 Å². The van der Waals surface area contributed by atoms with Crippen molar-refractivity contribution >= 4 is 17.7 Å². The summed E-state index contributed by atoms with van der Waals surface area (Å²) in [4.78, 5) is 18.2. The summed E-state index contributed by atoms with van der Waals surface area (Å²) in [6.45, 7) is -0.186. The fourth-order valence-corrected chi connectivity index (χ4v) is 5.55. The Morgan fingerprint density at radius 2 is 1.89 bits per heavy atom. The summed E-state index contributed by atoms with van der Waals surface area (Å²) in [6, 6.07) is 23.7. The van der Waals surface area contributed by atoms with Gasteiger partial charge >= 0.3 is 0 Å². The van der Waals surface area contributed by atoms with Gasteiger partial charge in [0.1, 0.15) is 6.54 Å². The number of nitrogens with one attached hydrogen (secondary N) is 1. The van der Waals surface area contributed by atoms with Crippen molar-refractivity contribution < 1.29 is 13.6 Å². The van der Waals surface area contributed by atoms with E-state index >= 15 is 0 Å². The van der Waals surface area contributed by atoms with Crippen LogP contribution in [0.15, 0.2) is 77.8 Å². The highest BCUT2D eigenvalue weighted by Gasteiger charge is 2.45. The Balaban J connectivity index is 1.52. The predicted octanol–water partition coefficient (Wildman–Crippen LogP) is 6.24. The molecule has 2 unspecified atom stereocenters. The zero-order valence-electron chi connectivity index (χ0n) is 19.3. The lowest BCUT2D eigenvalue weighted by Crippen LogP contribution is -2.41. The molecule has 0 bridgehead atoms. The lowest BCUT2D eigenvalue weighted by Gasteiger charge is -2.36. The first-order chi connectivity index (χ1) is 17.0. The number of carbonyl (C=O) groups excluding carboxylic acids is 1. The number of rotatable bonds is 8. The number of benzene rings is 2. The first-order valence-electron chi connectivity index (χ1n) is 11.7. The smallest absolute Gasteiger partial charge is 0.249 e. The fraction of sp³-hybridized carbons (Fsp3) is 0.321. The van der Waals surface area contributed by atoms with Gasteiger partial charge in [0.2, 0.25) is 11.8 Å². The molecule has 1 aliphatic rings. The summed E-state index contributed by atoms with van der Waals surface area (Å²) in [5.41, 5.74) is 3.90. The Morgan fingerprint density at radius 3 is 2.63 bits per heavy atom. The van der Waals surface area contributed by atoms with Gasteiger partial charge in [-0.2, -0.15) is 5.26 Å². The molecular formula is C28H27F2N3OS. The van der Waals surface area contributed by atoms with Crippen molar-refractivity contribution in [1.82, 2.24) is 10.3 Å². The predicted molar refractivity (Wildman–Crippen MR) is 134 cm³/mol. The molecule has 1 aliphatic carbocycles. The van der Waals surface area contributed by atoms with E-state index in [1.165, 1.54) is 0 Å². The topological polar surface area (TPSA) is 65.8 Å². The highest BCUT2D eigenvalue weighted by Crippen LogP contribution is 2.47. The zero-order chi connectivity index (χ0) is 24.7. The Bertz CT molecular complexity index is 1180. The quantitative estimate of drug-likeness (QED) is 0.299. The van der Waals surface area contributed by atoms with Crippen LogP contribution in [0.5, 0.6) is 0 Å².